The molecule has 0 amide bonds. The molecule has 0 aliphatic carbocycles. The lowest BCUT2D eigenvalue weighted by atomic mass is 10.2. The van der Waals surface area contributed by atoms with Crippen molar-refractivity contribution in [3.63, 3.8) is 0 Å². The Bertz CT molecular complexity index is 647. The van der Waals surface area contributed by atoms with Crippen LogP contribution < -0.4 is 11.1 Å². The molecule has 0 aliphatic heterocycles. The van der Waals surface area contributed by atoms with E-state index in [0.717, 1.165) is 0 Å². The summed E-state index contributed by atoms with van der Waals surface area (Å²) in [6.45, 7) is 0. The summed E-state index contributed by atoms with van der Waals surface area (Å²) >= 11 is 11.7. The zero-order valence-corrected chi connectivity index (χ0v) is 11.1. The van der Waals surface area contributed by atoms with E-state index in [9.17, 15) is 10.1 Å². The number of rotatable bonds is 3. The molecule has 98 valence electrons. The molecule has 0 radical (unpaired) electrons. The number of nitrogens with zero attached hydrogens (tertiary/aromatic N) is 1. The first-order valence-electron chi connectivity index (χ1n) is 5.23. The van der Waals surface area contributed by atoms with Gasteiger partial charge in [0.05, 0.1) is 26.3 Å². The van der Waals surface area contributed by atoms with Gasteiger partial charge in [-0.05, 0) is 24.3 Å². The zero-order valence-electron chi connectivity index (χ0n) is 9.56. The standard InChI is InChI=1S/C12H9Cl2N3O2/c13-9-3-1-7(5-10(9)14)16-12-4-2-8(17(18)19)6-11(12)15/h1-6,16H,15H2. The lowest BCUT2D eigenvalue weighted by molar-refractivity contribution is -0.384. The Morgan fingerprint density at radius 3 is 2.42 bits per heavy atom. The van der Waals surface area contributed by atoms with E-state index < -0.39 is 4.92 Å². The fourth-order valence-electron chi connectivity index (χ4n) is 1.51. The van der Waals surface area contributed by atoms with Crippen LogP contribution >= 0.6 is 23.2 Å². The van der Waals surface area contributed by atoms with E-state index in [1.54, 1.807) is 18.2 Å². The second-order valence-corrected chi connectivity index (χ2v) is 4.60. The predicted molar refractivity (Wildman–Crippen MR) is 77.3 cm³/mol. The highest BCUT2D eigenvalue weighted by atomic mass is 35.5. The van der Waals surface area contributed by atoms with Crippen LogP contribution in [0.4, 0.5) is 22.7 Å². The third-order valence-corrected chi connectivity index (χ3v) is 3.18. The number of nitro benzene ring substituents is 1. The van der Waals surface area contributed by atoms with Gasteiger partial charge in [-0.3, -0.25) is 10.1 Å². The average molecular weight is 298 g/mol. The molecule has 0 atom stereocenters. The maximum Gasteiger partial charge on any atom is 0.271 e. The molecule has 0 bridgehead atoms. The highest BCUT2D eigenvalue weighted by Crippen LogP contribution is 2.30. The first kappa shape index (κ1) is 13.5. The van der Waals surface area contributed by atoms with E-state index in [4.69, 9.17) is 28.9 Å². The quantitative estimate of drug-likeness (QED) is 0.505. The molecule has 0 spiro atoms. The molecule has 2 aromatic rings. The van der Waals surface area contributed by atoms with Crippen LogP contribution in [0.2, 0.25) is 10.0 Å². The minimum Gasteiger partial charge on any atom is -0.397 e. The number of anilines is 3. The molecule has 19 heavy (non-hydrogen) atoms. The smallest absolute Gasteiger partial charge is 0.271 e. The minimum absolute atomic E-state index is 0.0582. The van der Waals surface area contributed by atoms with Gasteiger partial charge in [-0.1, -0.05) is 23.2 Å². The molecular weight excluding hydrogens is 289 g/mol. The summed E-state index contributed by atoms with van der Waals surface area (Å²) in [5.74, 6) is 0. The summed E-state index contributed by atoms with van der Waals surface area (Å²) < 4.78 is 0. The van der Waals surface area contributed by atoms with Crippen molar-refractivity contribution in [1.82, 2.24) is 0 Å². The highest BCUT2D eigenvalue weighted by molar-refractivity contribution is 6.42. The van der Waals surface area contributed by atoms with Crippen LogP contribution in [0.5, 0.6) is 0 Å². The average Bonchev–Trinajstić information content (AvgIpc) is 2.36. The van der Waals surface area contributed by atoms with Crippen molar-refractivity contribution in [2.45, 2.75) is 0 Å². The number of nitro groups is 1. The molecule has 3 N–H and O–H groups in total. The van der Waals surface area contributed by atoms with Crippen LogP contribution in [0.1, 0.15) is 0 Å². The molecular formula is C12H9Cl2N3O2. The maximum absolute atomic E-state index is 10.6. The van der Waals surface area contributed by atoms with Gasteiger partial charge in [0.2, 0.25) is 0 Å². The molecule has 0 fully saturated rings. The van der Waals surface area contributed by atoms with Crippen molar-refractivity contribution < 1.29 is 4.92 Å². The Balaban J connectivity index is 2.28. The highest BCUT2D eigenvalue weighted by Gasteiger charge is 2.09. The summed E-state index contributed by atoms with van der Waals surface area (Å²) in [6.07, 6.45) is 0. The Morgan fingerprint density at radius 2 is 1.84 bits per heavy atom. The van der Waals surface area contributed by atoms with Gasteiger partial charge in [0.15, 0.2) is 0 Å². The van der Waals surface area contributed by atoms with Crippen molar-refractivity contribution in [3.8, 4) is 0 Å². The number of nitrogens with two attached hydrogens (primary N) is 1. The van der Waals surface area contributed by atoms with Crippen LogP contribution in [0.25, 0.3) is 0 Å². The molecule has 0 saturated heterocycles. The Hall–Kier alpha value is -1.98. The second kappa shape index (κ2) is 5.34. The van der Waals surface area contributed by atoms with E-state index in [-0.39, 0.29) is 11.4 Å². The van der Waals surface area contributed by atoms with E-state index >= 15 is 0 Å². The van der Waals surface area contributed by atoms with Crippen LogP contribution in [-0.2, 0) is 0 Å². The van der Waals surface area contributed by atoms with Gasteiger partial charge in [0, 0.05) is 17.8 Å². The van der Waals surface area contributed by atoms with E-state index in [0.29, 0.717) is 21.4 Å². The number of hydrogen-bond donors (Lipinski definition) is 2. The first-order chi connectivity index (χ1) is 8.97. The van der Waals surface area contributed by atoms with Gasteiger partial charge in [0.25, 0.3) is 5.69 Å². The molecule has 0 saturated carbocycles. The maximum atomic E-state index is 10.6. The van der Waals surface area contributed by atoms with Crippen LogP contribution in [0.15, 0.2) is 36.4 Å². The number of halogens is 2. The molecule has 2 aromatic carbocycles. The number of benzene rings is 2. The van der Waals surface area contributed by atoms with E-state index in [1.807, 2.05) is 0 Å². The van der Waals surface area contributed by atoms with Crippen LogP contribution in [0, 0.1) is 10.1 Å². The van der Waals surface area contributed by atoms with Gasteiger partial charge in [-0.15, -0.1) is 0 Å². The first-order valence-corrected chi connectivity index (χ1v) is 5.99. The van der Waals surface area contributed by atoms with Crippen molar-refractivity contribution in [2.24, 2.45) is 0 Å². The largest absolute Gasteiger partial charge is 0.397 e. The fourth-order valence-corrected chi connectivity index (χ4v) is 1.81. The second-order valence-electron chi connectivity index (χ2n) is 3.78. The van der Waals surface area contributed by atoms with Crippen molar-refractivity contribution in [1.29, 1.82) is 0 Å². The number of nitrogen functional groups attached to an aromatic ring is 1. The Kier molecular flexibility index (Phi) is 3.78. The van der Waals surface area contributed by atoms with Crippen molar-refractivity contribution in [3.05, 3.63) is 56.6 Å². The SMILES string of the molecule is Nc1cc([N+](=O)[O-])ccc1Nc1ccc(Cl)c(Cl)c1. The lowest BCUT2D eigenvalue weighted by Crippen LogP contribution is -1.98. The normalized spacial score (nSPS) is 10.2. The zero-order chi connectivity index (χ0) is 14.0. The van der Waals surface area contributed by atoms with Crippen molar-refractivity contribution >= 4 is 46.0 Å². The molecule has 0 unspecified atom stereocenters. The topological polar surface area (TPSA) is 81.2 Å². The third-order valence-electron chi connectivity index (χ3n) is 2.44. The minimum atomic E-state index is -0.501. The molecule has 0 heterocycles. The van der Waals surface area contributed by atoms with Gasteiger partial charge in [-0.2, -0.15) is 0 Å². The van der Waals surface area contributed by atoms with E-state index in [2.05, 4.69) is 5.32 Å². The monoisotopic (exact) mass is 297 g/mol. The van der Waals surface area contributed by atoms with Gasteiger partial charge < -0.3 is 11.1 Å². The number of nitrogens with one attached hydrogen (secondary N) is 1. The summed E-state index contributed by atoms with van der Waals surface area (Å²) in [4.78, 5) is 10.1. The Labute approximate surface area is 119 Å². The predicted octanol–water partition coefficient (Wildman–Crippen LogP) is 4.23. The van der Waals surface area contributed by atoms with E-state index in [1.165, 1.54) is 18.2 Å². The number of hydrogen-bond acceptors (Lipinski definition) is 4. The van der Waals surface area contributed by atoms with Gasteiger partial charge in [0.1, 0.15) is 0 Å². The molecule has 0 aliphatic rings. The third kappa shape index (κ3) is 3.07. The van der Waals surface area contributed by atoms with Crippen LogP contribution in [0.3, 0.4) is 0 Å². The van der Waals surface area contributed by atoms with Crippen molar-refractivity contribution in [2.75, 3.05) is 11.1 Å². The Morgan fingerprint density at radius 1 is 1.11 bits per heavy atom. The lowest BCUT2D eigenvalue weighted by Gasteiger charge is -2.09. The summed E-state index contributed by atoms with van der Waals surface area (Å²) in [7, 11) is 0. The molecule has 5 nitrogen and oxygen atoms in total. The fraction of sp³-hybridized carbons (Fsp3) is 0. The van der Waals surface area contributed by atoms with Crippen LogP contribution in [-0.4, -0.2) is 4.92 Å². The molecule has 2 rings (SSSR count). The summed E-state index contributed by atoms with van der Waals surface area (Å²) in [5.41, 5.74) is 7.22. The molecule has 0 aromatic heterocycles. The summed E-state index contributed by atoms with van der Waals surface area (Å²) in [5, 5.41) is 14.5. The molecule has 7 heteroatoms. The van der Waals surface area contributed by atoms with Gasteiger partial charge >= 0.3 is 0 Å². The van der Waals surface area contributed by atoms with Gasteiger partial charge in [-0.25, -0.2) is 0 Å². The summed E-state index contributed by atoms with van der Waals surface area (Å²) in [6, 6.07) is 9.22. The number of non-ortho nitro benzene ring substituents is 1.